The van der Waals surface area contributed by atoms with Crippen LogP contribution in [0, 0.1) is 0 Å². The van der Waals surface area contributed by atoms with Gasteiger partial charge >= 0.3 is 0 Å². The Morgan fingerprint density at radius 2 is 2.42 bits per heavy atom. The van der Waals surface area contributed by atoms with Crippen molar-refractivity contribution in [3.05, 3.63) is 18.2 Å². The summed E-state index contributed by atoms with van der Waals surface area (Å²) in [4.78, 5) is 3.22. The van der Waals surface area contributed by atoms with Gasteiger partial charge in [-0.1, -0.05) is 0 Å². The molecule has 1 aromatic rings. The third kappa shape index (κ3) is 2.34. The summed E-state index contributed by atoms with van der Waals surface area (Å²) in [6, 6.07) is 0. The molecule has 0 bridgehead atoms. The van der Waals surface area contributed by atoms with Gasteiger partial charge in [0.15, 0.2) is 0 Å². The molecule has 0 radical (unpaired) electrons. The van der Waals surface area contributed by atoms with Gasteiger partial charge in [-0.3, -0.25) is 0 Å². The second kappa shape index (κ2) is 4.93. The van der Waals surface area contributed by atoms with Crippen molar-refractivity contribution in [2.75, 3.05) is 13.7 Å². The van der Waals surface area contributed by atoms with Gasteiger partial charge in [-0.05, 0) is 13.3 Å². The van der Waals surface area contributed by atoms with Crippen LogP contribution in [0.1, 0.15) is 19.2 Å². The van der Waals surface area contributed by atoms with Crippen molar-refractivity contribution < 1.29 is 9.30 Å². The largest absolute Gasteiger partial charge is 0.385 e. The summed E-state index contributed by atoms with van der Waals surface area (Å²) in [7, 11) is 1.74. The van der Waals surface area contributed by atoms with Gasteiger partial charge in [-0.25, -0.2) is 9.55 Å². The van der Waals surface area contributed by atoms with Crippen LogP contribution in [0.15, 0.2) is 12.4 Å². The van der Waals surface area contributed by atoms with Crippen LogP contribution < -0.4 is 4.57 Å². The third-order valence-corrected chi connectivity index (χ3v) is 1.95. The van der Waals surface area contributed by atoms with Crippen LogP contribution in [0.3, 0.4) is 0 Å². The first-order chi connectivity index (χ1) is 5.88. The molecule has 0 fully saturated rings. The fraction of sp³-hybridized carbons (Fsp3) is 0.667. The number of methoxy groups -OCH3 is 1. The lowest BCUT2D eigenvalue weighted by atomic mass is 10.3. The molecular weight excluding hydrogens is 152 g/mol. The predicted molar refractivity (Wildman–Crippen MR) is 46.9 cm³/mol. The Morgan fingerprint density at radius 3 is 3.08 bits per heavy atom. The summed E-state index contributed by atoms with van der Waals surface area (Å²) in [6.07, 6.45) is 6.19. The maximum absolute atomic E-state index is 4.99. The van der Waals surface area contributed by atoms with E-state index in [1.165, 1.54) is 5.82 Å². The SMILES string of the molecule is CC[n+]1cc[nH]c1CCCOC. The van der Waals surface area contributed by atoms with Gasteiger partial charge in [0.25, 0.3) is 5.82 Å². The van der Waals surface area contributed by atoms with Crippen LogP contribution in [0.2, 0.25) is 0 Å². The second-order valence-corrected chi connectivity index (χ2v) is 2.79. The summed E-state index contributed by atoms with van der Waals surface area (Å²) < 4.78 is 7.21. The van der Waals surface area contributed by atoms with Crippen molar-refractivity contribution in [2.45, 2.75) is 26.3 Å². The zero-order valence-corrected chi connectivity index (χ0v) is 7.84. The molecule has 0 aliphatic rings. The maximum Gasteiger partial charge on any atom is 0.254 e. The fourth-order valence-electron chi connectivity index (χ4n) is 1.29. The van der Waals surface area contributed by atoms with Crippen LogP contribution in [-0.4, -0.2) is 18.7 Å². The molecule has 0 amide bonds. The Labute approximate surface area is 73.4 Å². The van der Waals surface area contributed by atoms with Crippen molar-refractivity contribution in [1.82, 2.24) is 4.98 Å². The highest BCUT2D eigenvalue weighted by Gasteiger charge is 2.06. The number of aryl methyl sites for hydroxylation is 2. The van der Waals surface area contributed by atoms with Gasteiger partial charge in [0, 0.05) is 13.7 Å². The highest BCUT2D eigenvalue weighted by molar-refractivity contribution is 4.76. The van der Waals surface area contributed by atoms with Crippen molar-refractivity contribution in [3.63, 3.8) is 0 Å². The topological polar surface area (TPSA) is 28.9 Å². The number of H-pyrrole nitrogens is 1. The van der Waals surface area contributed by atoms with Gasteiger partial charge in [0.05, 0.1) is 13.0 Å². The summed E-state index contributed by atoms with van der Waals surface area (Å²) in [5.41, 5.74) is 0. The predicted octanol–water partition coefficient (Wildman–Crippen LogP) is 0.901. The molecule has 12 heavy (non-hydrogen) atoms. The van der Waals surface area contributed by atoms with Crippen LogP contribution in [-0.2, 0) is 17.7 Å². The summed E-state index contributed by atoms with van der Waals surface area (Å²) in [5.74, 6) is 1.29. The van der Waals surface area contributed by atoms with E-state index in [4.69, 9.17) is 4.74 Å². The van der Waals surface area contributed by atoms with E-state index in [2.05, 4.69) is 22.7 Å². The van der Waals surface area contributed by atoms with Crippen molar-refractivity contribution in [1.29, 1.82) is 0 Å². The molecule has 0 aliphatic carbocycles. The number of hydrogen-bond acceptors (Lipinski definition) is 1. The molecule has 3 heteroatoms. The molecule has 0 aliphatic heterocycles. The molecule has 0 aromatic carbocycles. The standard InChI is InChI=1S/C9H16N2O/c1-3-11-7-6-10-9(11)5-4-8-12-2/h6-7H,3-5,8H2,1-2H3/p+1. The molecular formula is C9H17N2O+. The number of aromatic nitrogens is 2. The van der Waals surface area contributed by atoms with Crippen LogP contribution in [0.4, 0.5) is 0 Å². The molecule has 68 valence electrons. The number of hydrogen-bond donors (Lipinski definition) is 1. The number of aromatic amines is 1. The Hall–Kier alpha value is -0.830. The number of imidazole rings is 1. The first kappa shape index (κ1) is 9.26. The van der Waals surface area contributed by atoms with E-state index < -0.39 is 0 Å². The Morgan fingerprint density at radius 1 is 1.58 bits per heavy atom. The first-order valence-corrected chi connectivity index (χ1v) is 4.43. The zero-order chi connectivity index (χ0) is 8.81. The Kier molecular flexibility index (Phi) is 3.80. The molecule has 0 spiro atoms. The lowest BCUT2D eigenvalue weighted by Gasteiger charge is -1.97. The van der Waals surface area contributed by atoms with Crippen LogP contribution in [0.5, 0.6) is 0 Å². The fourth-order valence-corrected chi connectivity index (χ4v) is 1.29. The number of nitrogens with one attached hydrogen (secondary N) is 1. The highest BCUT2D eigenvalue weighted by Crippen LogP contribution is 1.93. The quantitative estimate of drug-likeness (QED) is 0.515. The number of nitrogens with zero attached hydrogens (tertiary/aromatic N) is 1. The average molecular weight is 169 g/mol. The van der Waals surface area contributed by atoms with E-state index in [0.717, 1.165) is 26.0 Å². The maximum atomic E-state index is 4.99. The number of ether oxygens (including phenoxy) is 1. The molecule has 0 saturated carbocycles. The zero-order valence-electron chi connectivity index (χ0n) is 7.84. The summed E-state index contributed by atoms with van der Waals surface area (Å²) in [6.45, 7) is 4.02. The average Bonchev–Trinajstić information content (AvgIpc) is 2.52. The molecule has 0 unspecified atom stereocenters. The summed E-state index contributed by atoms with van der Waals surface area (Å²) >= 11 is 0. The second-order valence-electron chi connectivity index (χ2n) is 2.79. The van der Waals surface area contributed by atoms with Gasteiger partial charge in [0.1, 0.15) is 12.4 Å². The van der Waals surface area contributed by atoms with Crippen molar-refractivity contribution >= 4 is 0 Å². The number of rotatable bonds is 5. The Balaban J connectivity index is 2.39. The van der Waals surface area contributed by atoms with E-state index in [9.17, 15) is 0 Å². The van der Waals surface area contributed by atoms with Gasteiger partial charge in [-0.2, -0.15) is 0 Å². The van der Waals surface area contributed by atoms with Gasteiger partial charge in [-0.15, -0.1) is 0 Å². The van der Waals surface area contributed by atoms with E-state index in [1.54, 1.807) is 7.11 Å². The minimum absolute atomic E-state index is 0.836. The van der Waals surface area contributed by atoms with Crippen LogP contribution >= 0.6 is 0 Å². The van der Waals surface area contributed by atoms with Crippen LogP contribution in [0.25, 0.3) is 0 Å². The molecule has 0 atom stereocenters. The van der Waals surface area contributed by atoms with E-state index in [1.807, 2.05) is 6.20 Å². The Bertz CT molecular complexity index is 220. The van der Waals surface area contributed by atoms with Gasteiger partial charge in [0.2, 0.25) is 0 Å². The third-order valence-electron chi connectivity index (χ3n) is 1.95. The lowest BCUT2D eigenvalue weighted by molar-refractivity contribution is -0.699. The molecule has 1 N–H and O–H groups in total. The van der Waals surface area contributed by atoms with Crippen molar-refractivity contribution in [2.24, 2.45) is 0 Å². The van der Waals surface area contributed by atoms with E-state index >= 15 is 0 Å². The minimum Gasteiger partial charge on any atom is -0.385 e. The lowest BCUT2D eigenvalue weighted by Crippen LogP contribution is -2.34. The van der Waals surface area contributed by atoms with E-state index in [-0.39, 0.29) is 0 Å². The first-order valence-electron chi connectivity index (χ1n) is 4.43. The van der Waals surface area contributed by atoms with E-state index in [0.29, 0.717) is 0 Å². The molecule has 1 rings (SSSR count). The molecule has 1 aromatic heterocycles. The highest BCUT2D eigenvalue weighted by atomic mass is 16.5. The molecule has 0 saturated heterocycles. The van der Waals surface area contributed by atoms with Gasteiger partial charge < -0.3 is 4.74 Å². The smallest absolute Gasteiger partial charge is 0.254 e. The normalized spacial score (nSPS) is 10.5. The minimum atomic E-state index is 0.836. The van der Waals surface area contributed by atoms with Crippen molar-refractivity contribution in [3.8, 4) is 0 Å². The summed E-state index contributed by atoms with van der Waals surface area (Å²) in [5, 5.41) is 0. The molecule has 1 heterocycles. The monoisotopic (exact) mass is 169 g/mol. The molecule has 3 nitrogen and oxygen atoms in total.